The zero-order valence-electron chi connectivity index (χ0n) is 11.7. The number of nitrogens with zero attached hydrogens (tertiary/aromatic N) is 2. The minimum Gasteiger partial charge on any atom is -0.340 e. The summed E-state index contributed by atoms with van der Waals surface area (Å²) < 4.78 is 27.0. The van der Waals surface area contributed by atoms with Gasteiger partial charge in [-0.15, -0.1) is 23.7 Å². The zero-order chi connectivity index (χ0) is 15.0. The molecule has 0 aromatic carbocycles. The van der Waals surface area contributed by atoms with Gasteiger partial charge in [-0.05, 0) is 12.1 Å². The fourth-order valence-corrected chi connectivity index (χ4v) is 5.49. The van der Waals surface area contributed by atoms with E-state index in [-0.39, 0.29) is 28.4 Å². The summed E-state index contributed by atoms with van der Waals surface area (Å²) in [4.78, 5) is 13.9. The Labute approximate surface area is 144 Å². The first-order chi connectivity index (χ1) is 9.98. The van der Waals surface area contributed by atoms with Gasteiger partial charge in [-0.3, -0.25) is 4.79 Å². The zero-order valence-corrected chi connectivity index (χ0v) is 14.9. The van der Waals surface area contributed by atoms with Crippen LogP contribution in [0.5, 0.6) is 0 Å². The van der Waals surface area contributed by atoms with Gasteiger partial charge in [0.05, 0.1) is 10.3 Å². The molecule has 3 rings (SSSR count). The van der Waals surface area contributed by atoms with E-state index in [9.17, 15) is 13.2 Å². The van der Waals surface area contributed by atoms with Gasteiger partial charge < -0.3 is 10.2 Å². The molecule has 1 aromatic heterocycles. The molecule has 1 amide bonds. The lowest BCUT2D eigenvalue weighted by Gasteiger charge is -2.37. The number of carbonyl (C=O) groups excluding carboxylic acids is 1. The molecular formula is C12H17Cl2N3O3S2. The Kier molecular flexibility index (Phi) is 5.73. The van der Waals surface area contributed by atoms with E-state index in [4.69, 9.17) is 11.6 Å². The molecule has 124 valence electrons. The van der Waals surface area contributed by atoms with Crippen LogP contribution in [0.1, 0.15) is 0 Å². The predicted octanol–water partition coefficient (Wildman–Crippen LogP) is 0.876. The standard InChI is InChI=1S/C12H16ClN3O3S2.ClH/c13-10-1-2-11(20-10)21(18,19)16-5-3-15(4-6-16)12(17)9-7-14-8-9;/h1-2,9,14H,3-8H2;1H. The largest absolute Gasteiger partial charge is 0.340 e. The topological polar surface area (TPSA) is 69.7 Å². The minimum absolute atomic E-state index is 0. The number of carbonyl (C=O) groups is 1. The van der Waals surface area contributed by atoms with Crippen LogP contribution in [0.3, 0.4) is 0 Å². The molecule has 3 heterocycles. The number of rotatable bonds is 3. The number of hydrogen-bond donors (Lipinski definition) is 1. The van der Waals surface area contributed by atoms with Gasteiger partial charge in [-0.25, -0.2) is 8.42 Å². The highest BCUT2D eigenvalue weighted by molar-refractivity contribution is 7.91. The lowest BCUT2D eigenvalue weighted by atomic mass is 10.0. The fourth-order valence-electron chi connectivity index (χ4n) is 2.43. The van der Waals surface area contributed by atoms with Crippen LogP contribution in [0.4, 0.5) is 0 Å². The van der Waals surface area contributed by atoms with Crippen LogP contribution in [-0.2, 0) is 14.8 Å². The quantitative estimate of drug-likeness (QED) is 0.837. The Morgan fingerprint density at radius 3 is 2.32 bits per heavy atom. The summed E-state index contributed by atoms with van der Waals surface area (Å²) in [5.74, 6) is 0.189. The molecule has 0 saturated carbocycles. The van der Waals surface area contributed by atoms with Gasteiger partial charge in [0.25, 0.3) is 10.0 Å². The molecule has 0 radical (unpaired) electrons. The lowest BCUT2D eigenvalue weighted by molar-refractivity contribution is -0.138. The van der Waals surface area contributed by atoms with Crippen LogP contribution in [0.25, 0.3) is 0 Å². The maximum Gasteiger partial charge on any atom is 0.252 e. The van der Waals surface area contributed by atoms with Gasteiger partial charge >= 0.3 is 0 Å². The number of nitrogens with one attached hydrogen (secondary N) is 1. The van der Waals surface area contributed by atoms with Crippen molar-refractivity contribution >= 4 is 51.3 Å². The molecule has 2 saturated heterocycles. The average Bonchev–Trinajstić information content (AvgIpc) is 2.84. The van der Waals surface area contributed by atoms with Gasteiger partial charge in [-0.1, -0.05) is 11.6 Å². The molecule has 0 aliphatic carbocycles. The van der Waals surface area contributed by atoms with Gasteiger partial charge in [0.1, 0.15) is 4.21 Å². The summed E-state index contributed by atoms with van der Waals surface area (Å²) in [6, 6.07) is 3.11. The molecule has 22 heavy (non-hydrogen) atoms. The predicted molar refractivity (Wildman–Crippen MR) is 88.3 cm³/mol. The Hall–Kier alpha value is -0.380. The van der Waals surface area contributed by atoms with Crippen molar-refractivity contribution in [2.45, 2.75) is 4.21 Å². The van der Waals surface area contributed by atoms with Crippen molar-refractivity contribution in [1.82, 2.24) is 14.5 Å². The first-order valence-electron chi connectivity index (χ1n) is 6.73. The molecule has 0 spiro atoms. The average molecular weight is 386 g/mol. The van der Waals surface area contributed by atoms with Crippen molar-refractivity contribution in [3.63, 3.8) is 0 Å². The molecule has 6 nitrogen and oxygen atoms in total. The molecule has 2 aliphatic heterocycles. The highest BCUT2D eigenvalue weighted by atomic mass is 35.5. The van der Waals surface area contributed by atoms with Crippen molar-refractivity contribution in [1.29, 1.82) is 0 Å². The van der Waals surface area contributed by atoms with Crippen LogP contribution >= 0.6 is 35.3 Å². The van der Waals surface area contributed by atoms with E-state index in [1.165, 1.54) is 10.4 Å². The third-order valence-corrected chi connectivity index (χ3v) is 7.42. The molecular weight excluding hydrogens is 369 g/mol. The second kappa shape index (κ2) is 7.02. The molecule has 10 heteroatoms. The van der Waals surface area contributed by atoms with Crippen LogP contribution in [0, 0.1) is 5.92 Å². The van der Waals surface area contributed by atoms with Crippen LogP contribution in [-0.4, -0.2) is 62.8 Å². The van der Waals surface area contributed by atoms with Crippen LogP contribution in [0.2, 0.25) is 4.34 Å². The molecule has 0 bridgehead atoms. The van der Waals surface area contributed by atoms with Gasteiger partial charge in [0.15, 0.2) is 0 Å². The number of amides is 1. The fraction of sp³-hybridized carbons (Fsp3) is 0.583. The van der Waals surface area contributed by atoms with Gasteiger partial charge in [0, 0.05) is 39.3 Å². The van der Waals surface area contributed by atoms with E-state index in [1.54, 1.807) is 11.0 Å². The molecule has 0 atom stereocenters. The number of hydrogen-bond acceptors (Lipinski definition) is 5. The first kappa shape index (κ1) is 18.0. The van der Waals surface area contributed by atoms with Gasteiger partial charge in [-0.2, -0.15) is 4.31 Å². The maximum absolute atomic E-state index is 12.4. The second-order valence-corrected chi connectivity index (χ2v) is 9.02. The molecule has 1 N–H and O–H groups in total. The monoisotopic (exact) mass is 385 g/mol. The Morgan fingerprint density at radius 1 is 1.23 bits per heavy atom. The van der Waals surface area contributed by atoms with Crippen LogP contribution < -0.4 is 5.32 Å². The molecule has 2 aliphatic rings. The Bertz CT molecular complexity index is 638. The normalized spacial score (nSPS) is 20.3. The van der Waals surface area contributed by atoms with Crippen LogP contribution in [0.15, 0.2) is 16.3 Å². The summed E-state index contributed by atoms with van der Waals surface area (Å²) in [5, 5.41) is 3.07. The van der Waals surface area contributed by atoms with E-state index in [2.05, 4.69) is 5.32 Å². The third-order valence-electron chi connectivity index (χ3n) is 3.82. The number of thiophene rings is 1. The summed E-state index contributed by atoms with van der Waals surface area (Å²) in [5.41, 5.74) is 0. The highest BCUT2D eigenvalue weighted by Gasteiger charge is 2.34. The Morgan fingerprint density at radius 2 is 1.86 bits per heavy atom. The van der Waals surface area contributed by atoms with Gasteiger partial charge in [0.2, 0.25) is 5.91 Å². The third kappa shape index (κ3) is 3.42. The number of halogens is 2. The summed E-state index contributed by atoms with van der Waals surface area (Å²) >= 11 is 6.86. The van der Waals surface area contributed by atoms with Crippen molar-refractivity contribution in [2.75, 3.05) is 39.3 Å². The molecule has 0 unspecified atom stereocenters. The van der Waals surface area contributed by atoms with Crippen molar-refractivity contribution in [3.05, 3.63) is 16.5 Å². The summed E-state index contributed by atoms with van der Waals surface area (Å²) in [6.45, 7) is 3.03. The smallest absolute Gasteiger partial charge is 0.252 e. The maximum atomic E-state index is 12.4. The minimum atomic E-state index is -3.49. The number of sulfonamides is 1. The Balaban J connectivity index is 0.00000176. The summed E-state index contributed by atoms with van der Waals surface area (Å²) in [7, 11) is -3.49. The first-order valence-corrected chi connectivity index (χ1v) is 9.37. The molecule has 1 aromatic rings. The van der Waals surface area contributed by atoms with E-state index in [0.29, 0.717) is 30.5 Å². The summed E-state index contributed by atoms with van der Waals surface area (Å²) in [6.07, 6.45) is 0. The van der Waals surface area contributed by atoms with E-state index < -0.39 is 10.0 Å². The van der Waals surface area contributed by atoms with Crippen molar-refractivity contribution in [2.24, 2.45) is 5.92 Å². The molecule has 2 fully saturated rings. The van der Waals surface area contributed by atoms with E-state index in [1.807, 2.05) is 0 Å². The highest BCUT2D eigenvalue weighted by Crippen LogP contribution is 2.28. The van der Waals surface area contributed by atoms with Crippen molar-refractivity contribution < 1.29 is 13.2 Å². The van der Waals surface area contributed by atoms with Crippen molar-refractivity contribution in [3.8, 4) is 0 Å². The van der Waals surface area contributed by atoms with E-state index >= 15 is 0 Å². The second-order valence-electron chi connectivity index (χ2n) is 5.14. The number of piperazine rings is 1. The SMILES string of the molecule is Cl.O=C(C1CNC1)N1CCN(S(=O)(=O)c2ccc(Cl)s2)CC1. The lowest BCUT2D eigenvalue weighted by Crippen LogP contribution is -2.57. The van der Waals surface area contributed by atoms with E-state index in [0.717, 1.165) is 24.4 Å².